The fourth-order valence-electron chi connectivity index (χ4n) is 3.25. The minimum atomic E-state index is 0.291. The first-order chi connectivity index (χ1) is 10.3. The van der Waals surface area contributed by atoms with Gasteiger partial charge < -0.3 is 15.2 Å². The first kappa shape index (κ1) is 14.1. The third-order valence-electron chi connectivity index (χ3n) is 4.41. The zero-order valence-electron chi connectivity index (χ0n) is 12.6. The second-order valence-electron chi connectivity index (χ2n) is 5.91. The largest absolute Gasteiger partial charge is 0.361 e. The maximum absolute atomic E-state index is 12.3. The number of carbonyl (C=O) groups excluding carboxylic acids is 1. The number of nitrogens with one attached hydrogen (secondary N) is 2. The van der Waals surface area contributed by atoms with Gasteiger partial charge in [0, 0.05) is 36.6 Å². The summed E-state index contributed by atoms with van der Waals surface area (Å²) in [7, 11) is 1.97. The summed E-state index contributed by atoms with van der Waals surface area (Å²) in [5.41, 5.74) is 2.39. The molecule has 2 aromatic rings. The molecule has 0 bridgehead atoms. The van der Waals surface area contributed by atoms with Crippen molar-refractivity contribution in [3.05, 3.63) is 36.0 Å². The zero-order chi connectivity index (χ0) is 14.7. The summed E-state index contributed by atoms with van der Waals surface area (Å²) in [6.45, 7) is 2.83. The van der Waals surface area contributed by atoms with Crippen molar-refractivity contribution in [2.24, 2.45) is 5.92 Å². The van der Waals surface area contributed by atoms with Crippen LogP contribution in [0.1, 0.15) is 18.4 Å². The summed E-state index contributed by atoms with van der Waals surface area (Å²) in [5, 5.41) is 4.44. The number of likely N-dealkylation sites (tertiary alicyclic amines) is 1. The van der Waals surface area contributed by atoms with Crippen LogP contribution in [0.2, 0.25) is 0 Å². The average molecular weight is 285 g/mol. The highest BCUT2D eigenvalue weighted by molar-refractivity contribution is 5.84. The van der Waals surface area contributed by atoms with Gasteiger partial charge >= 0.3 is 0 Å². The summed E-state index contributed by atoms with van der Waals surface area (Å²) in [4.78, 5) is 17.6. The molecule has 2 heterocycles. The molecule has 21 heavy (non-hydrogen) atoms. The summed E-state index contributed by atoms with van der Waals surface area (Å²) in [6.07, 6.45) is 4.58. The van der Waals surface area contributed by atoms with Crippen LogP contribution >= 0.6 is 0 Å². The quantitative estimate of drug-likeness (QED) is 0.884. The van der Waals surface area contributed by atoms with Crippen LogP contribution in [0.25, 0.3) is 10.9 Å². The highest BCUT2D eigenvalue weighted by Gasteiger charge is 2.25. The van der Waals surface area contributed by atoms with Crippen molar-refractivity contribution in [1.82, 2.24) is 15.2 Å². The second kappa shape index (κ2) is 6.31. The van der Waals surface area contributed by atoms with E-state index in [4.69, 9.17) is 0 Å². The van der Waals surface area contributed by atoms with E-state index in [0.717, 1.165) is 38.0 Å². The van der Waals surface area contributed by atoms with Crippen LogP contribution in [0.15, 0.2) is 30.5 Å². The summed E-state index contributed by atoms with van der Waals surface area (Å²) < 4.78 is 0. The Morgan fingerprint density at radius 3 is 3.14 bits per heavy atom. The van der Waals surface area contributed by atoms with Crippen molar-refractivity contribution in [2.75, 3.05) is 26.7 Å². The van der Waals surface area contributed by atoms with Gasteiger partial charge in [-0.2, -0.15) is 0 Å². The molecule has 4 nitrogen and oxygen atoms in total. The summed E-state index contributed by atoms with van der Waals surface area (Å²) in [5.74, 6) is 0.908. The highest BCUT2D eigenvalue weighted by atomic mass is 16.2. The predicted molar refractivity (Wildman–Crippen MR) is 85.2 cm³/mol. The van der Waals surface area contributed by atoms with Gasteiger partial charge in [-0.25, -0.2) is 0 Å². The number of aryl methyl sites for hydroxylation is 1. The van der Waals surface area contributed by atoms with Gasteiger partial charge in [0.2, 0.25) is 5.91 Å². The minimum absolute atomic E-state index is 0.291. The third-order valence-corrected chi connectivity index (χ3v) is 4.41. The second-order valence-corrected chi connectivity index (χ2v) is 5.91. The van der Waals surface area contributed by atoms with Gasteiger partial charge in [-0.05, 0) is 44.0 Å². The Bertz CT molecular complexity index is 619. The smallest absolute Gasteiger partial charge is 0.222 e. The van der Waals surface area contributed by atoms with Crippen molar-refractivity contribution >= 4 is 16.8 Å². The Kier molecular flexibility index (Phi) is 4.25. The third kappa shape index (κ3) is 3.10. The lowest BCUT2D eigenvalue weighted by atomic mass is 10.1. The van der Waals surface area contributed by atoms with E-state index in [1.165, 1.54) is 10.9 Å². The van der Waals surface area contributed by atoms with Gasteiger partial charge in [-0.3, -0.25) is 4.79 Å². The molecule has 0 radical (unpaired) electrons. The van der Waals surface area contributed by atoms with Crippen LogP contribution in [0.3, 0.4) is 0 Å². The van der Waals surface area contributed by atoms with E-state index in [1.807, 2.05) is 30.3 Å². The number of para-hydroxylation sites is 1. The Labute approximate surface area is 125 Å². The molecule has 0 aliphatic carbocycles. The Hall–Kier alpha value is -1.81. The van der Waals surface area contributed by atoms with E-state index in [2.05, 4.69) is 22.4 Å². The SMILES string of the molecule is CNCC1CCN(C(=O)CCc2c[nH]c3ccccc23)C1. The molecule has 1 unspecified atom stereocenters. The molecule has 2 N–H and O–H groups in total. The van der Waals surface area contributed by atoms with Crippen LogP contribution in [0.5, 0.6) is 0 Å². The fraction of sp³-hybridized carbons (Fsp3) is 0.471. The molecule has 1 aromatic heterocycles. The topological polar surface area (TPSA) is 48.1 Å². The minimum Gasteiger partial charge on any atom is -0.361 e. The monoisotopic (exact) mass is 285 g/mol. The van der Waals surface area contributed by atoms with E-state index < -0.39 is 0 Å². The van der Waals surface area contributed by atoms with Gasteiger partial charge in [0.15, 0.2) is 0 Å². The normalized spacial score (nSPS) is 18.5. The van der Waals surface area contributed by atoms with Crippen LogP contribution < -0.4 is 5.32 Å². The van der Waals surface area contributed by atoms with Crippen molar-refractivity contribution in [2.45, 2.75) is 19.3 Å². The average Bonchev–Trinajstić information content (AvgIpc) is 3.12. The number of H-pyrrole nitrogens is 1. The maximum atomic E-state index is 12.3. The number of carbonyl (C=O) groups is 1. The van der Waals surface area contributed by atoms with Crippen molar-refractivity contribution in [3.8, 4) is 0 Å². The molecule has 1 saturated heterocycles. The van der Waals surface area contributed by atoms with E-state index in [9.17, 15) is 4.79 Å². The standard InChI is InChI=1S/C17H23N3O/c1-18-10-13-8-9-20(12-13)17(21)7-6-14-11-19-16-5-3-2-4-15(14)16/h2-5,11,13,18-19H,6-10,12H2,1H3. The van der Waals surface area contributed by atoms with Crippen molar-refractivity contribution in [1.29, 1.82) is 0 Å². The number of aromatic nitrogens is 1. The molecule has 1 atom stereocenters. The maximum Gasteiger partial charge on any atom is 0.222 e. The summed E-state index contributed by atoms with van der Waals surface area (Å²) in [6, 6.07) is 8.26. The van der Waals surface area contributed by atoms with Crippen LogP contribution in [-0.2, 0) is 11.2 Å². The number of amides is 1. The predicted octanol–water partition coefficient (Wildman–Crippen LogP) is 2.17. The molecule has 4 heteroatoms. The van der Waals surface area contributed by atoms with Gasteiger partial charge in [0.05, 0.1) is 0 Å². The van der Waals surface area contributed by atoms with Gasteiger partial charge in [0.1, 0.15) is 0 Å². The van der Waals surface area contributed by atoms with Crippen molar-refractivity contribution < 1.29 is 4.79 Å². The lowest BCUT2D eigenvalue weighted by Crippen LogP contribution is -2.30. The number of aromatic amines is 1. The molecule has 112 valence electrons. The van der Waals surface area contributed by atoms with Crippen LogP contribution in [0, 0.1) is 5.92 Å². The number of hydrogen-bond donors (Lipinski definition) is 2. The zero-order valence-corrected chi connectivity index (χ0v) is 12.6. The molecule has 1 aliphatic heterocycles. The Morgan fingerprint density at radius 2 is 2.29 bits per heavy atom. The number of fused-ring (bicyclic) bond motifs is 1. The van der Waals surface area contributed by atoms with Gasteiger partial charge in [-0.15, -0.1) is 0 Å². The molecule has 0 saturated carbocycles. The van der Waals surface area contributed by atoms with E-state index >= 15 is 0 Å². The van der Waals surface area contributed by atoms with Gasteiger partial charge in [-0.1, -0.05) is 18.2 Å². The highest BCUT2D eigenvalue weighted by Crippen LogP contribution is 2.21. The first-order valence-corrected chi connectivity index (χ1v) is 7.75. The van der Waals surface area contributed by atoms with Crippen molar-refractivity contribution in [3.63, 3.8) is 0 Å². The lowest BCUT2D eigenvalue weighted by Gasteiger charge is -2.16. The molecular formula is C17H23N3O. The number of benzene rings is 1. The first-order valence-electron chi connectivity index (χ1n) is 7.75. The molecule has 0 spiro atoms. The molecular weight excluding hydrogens is 262 g/mol. The Balaban J connectivity index is 1.57. The van der Waals surface area contributed by atoms with E-state index in [-0.39, 0.29) is 0 Å². The molecule has 1 fully saturated rings. The van der Waals surface area contributed by atoms with Crippen LogP contribution in [0.4, 0.5) is 0 Å². The molecule has 1 amide bonds. The number of nitrogens with zero attached hydrogens (tertiary/aromatic N) is 1. The molecule has 3 rings (SSSR count). The summed E-state index contributed by atoms with van der Waals surface area (Å²) >= 11 is 0. The fourth-order valence-corrected chi connectivity index (χ4v) is 3.25. The van der Waals surface area contributed by atoms with Gasteiger partial charge in [0.25, 0.3) is 0 Å². The molecule has 1 aliphatic rings. The number of rotatable bonds is 5. The van der Waals surface area contributed by atoms with E-state index in [1.54, 1.807) is 0 Å². The lowest BCUT2D eigenvalue weighted by molar-refractivity contribution is -0.130. The molecule has 1 aromatic carbocycles. The number of hydrogen-bond acceptors (Lipinski definition) is 2. The van der Waals surface area contributed by atoms with Crippen LogP contribution in [-0.4, -0.2) is 42.5 Å². The van der Waals surface area contributed by atoms with E-state index in [0.29, 0.717) is 18.2 Å². The Morgan fingerprint density at radius 1 is 1.43 bits per heavy atom.